The van der Waals surface area contributed by atoms with Crippen LogP contribution in [-0.4, -0.2) is 19.1 Å². The highest BCUT2D eigenvalue weighted by Crippen LogP contribution is 2.16. The summed E-state index contributed by atoms with van der Waals surface area (Å²) in [5, 5.41) is 3.22. The Kier molecular flexibility index (Phi) is 4.74. The van der Waals surface area contributed by atoms with E-state index in [0.29, 0.717) is 6.04 Å². The number of rotatable bonds is 5. The highest BCUT2D eigenvalue weighted by molar-refractivity contribution is 5.40. The fourth-order valence-corrected chi connectivity index (χ4v) is 2.09. The Labute approximate surface area is 121 Å². The molecule has 0 saturated heterocycles. The predicted octanol–water partition coefficient (Wildman–Crippen LogP) is 3.31. The van der Waals surface area contributed by atoms with Crippen molar-refractivity contribution in [3.8, 4) is 0 Å². The van der Waals surface area contributed by atoms with Gasteiger partial charge in [-0.25, -0.2) is 4.98 Å². The van der Waals surface area contributed by atoms with Crippen molar-refractivity contribution in [3.63, 3.8) is 0 Å². The maximum absolute atomic E-state index is 4.55. The lowest BCUT2D eigenvalue weighted by Gasteiger charge is -2.19. The molecule has 20 heavy (non-hydrogen) atoms. The molecule has 1 atom stereocenters. The van der Waals surface area contributed by atoms with Crippen LogP contribution in [0.1, 0.15) is 29.7 Å². The highest BCUT2D eigenvalue weighted by Gasteiger charge is 2.06. The van der Waals surface area contributed by atoms with Crippen LogP contribution < -0.4 is 10.2 Å². The summed E-state index contributed by atoms with van der Waals surface area (Å²) in [6, 6.07) is 13.2. The van der Waals surface area contributed by atoms with Crippen molar-refractivity contribution >= 4 is 5.82 Å². The summed E-state index contributed by atoms with van der Waals surface area (Å²) >= 11 is 0. The Hall–Kier alpha value is -1.87. The number of nitrogens with zero attached hydrogens (tertiary/aromatic N) is 2. The first-order valence-electron chi connectivity index (χ1n) is 7.00. The molecule has 106 valence electrons. The molecule has 1 N–H and O–H groups in total. The second-order valence-corrected chi connectivity index (χ2v) is 5.30. The lowest BCUT2D eigenvalue weighted by atomic mass is 10.1. The fraction of sp³-hybridized carbons (Fsp3) is 0.353. The lowest BCUT2D eigenvalue weighted by Crippen LogP contribution is -2.18. The molecule has 1 aromatic heterocycles. The van der Waals surface area contributed by atoms with Crippen molar-refractivity contribution in [2.45, 2.75) is 26.4 Å². The van der Waals surface area contributed by atoms with Crippen molar-refractivity contribution in [3.05, 3.63) is 59.3 Å². The molecule has 0 fully saturated rings. The minimum Gasteiger partial charge on any atom is -0.355 e. The summed E-state index contributed by atoms with van der Waals surface area (Å²) < 4.78 is 0. The zero-order valence-electron chi connectivity index (χ0n) is 12.7. The standard InChI is InChI=1S/C17H23N3/c1-13-5-7-15(8-6-13)12-20(4)17-10-9-16(11-19-17)14(2)18-3/h5-11,14,18H,12H2,1-4H3. The smallest absolute Gasteiger partial charge is 0.128 e. The minimum absolute atomic E-state index is 0.332. The molecule has 0 aliphatic rings. The van der Waals surface area contributed by atoms with Crippen molar-refractivity contribution in [2.24, 2.45) is 0 Å². The Morgan fingerprint density at radius 3 is 2.40 bits per heavy atom. The van der Waals surface area contributed by atoms with Gasteiger partial charge in [-0.05, 0) is 38.1 Å². The van der Waals surface area contributed by atoms with E-state index in [-0.39, 0.29) is 0 Å². The number of hydrogen-bond donors (Lipinski definition) is 1. The van der Waals surface area contributed by atoms with Gasteiger partial charge >= 0.3 is 0 Å². The van der Waals surface area contributed by atoms with E-state index >= 15 is 0 Å². The molecule has 1 unspecified atom stereocenters. The Morgan fingerprint density at radius 2 is 1.85 bits per heavy atom. The van der Waals surface area contributed by atoms with Crippen LogP contribution in [0.3, 0.4) is 0 Å². The van der Waals surface area contributed by atoms with Gasteiger partial charge in [0.1, 0.15) is 5.82 Å². The highest BCUT2D eigenvalue weighted by atomic mass is 15.2. The molecule has 0 spiro atoms. The second-order valence-electron chi connectivity index (χ2n) is 5.30. The second kappa shape index (κ2) is 6.53. The average Bonchev–Trinajstić information content (AvgIpc) is 2.49. The third kappa shape index (κ3) is 3.58. The Bertz CT molecular complexity index is 531. The number of hydrogen-bond acceptors (Lipinski definition) is 3. The van der Waals surface area contributed by atoms with E-state index in [2.05, 4.69) is 72.5 Å². The van der Waals surface area contributed by atoms with Crippen LogP contribution in [0.25, 0.3) is 0 Å². The van der Waals surface area contributed by atoms with Crippen molar-refractivity contribution in [2.75, 3.05) is 19.0 Å². The van der Waals surface area contributed by atoms with Gasteiger partial charge in [0.05, 0.1) is 0 Å². The quantitative estimate of drug-likeness (QED) is 0.902. The van der Waals surface area contributed by atoms with Gasteiger partial charge in [0.25, 0.3) is 0 Å². The molecule has 2 aromatic rings. The number of pyridine rings is 1. The van der Waals surface area contributed by atoms with E-state index in [1.807, 2.05) is 13.2 Å². The van der Waals surface area contributed by atoms with E-state index in [9.17, 15) is 0 Å². The zero-order chi connectivity index (χ0) is 14.5. The Morgan fingerprint density at radius 1 is 1.15 bits per heavy atom. The number of benzene rings is 1. The van der Waals surface area contributed by atoms with Crippen molar-refractivity contribution in [1.82, 2.24) is 10.3 Å². The lowest BCUT2D eigenvalue weighted by molar-refractivity contribution is 0.649. The van der Waals surface area contributed by atoms with Crippen molar-refractivity contribution < 1.29 is 0 Å². The van der Waals surface area contributed by atoms with E-state index in [4.69, 9.17) is 0 Å². The molecule has 0 saturated carbocycles. The minimum atomic E-state index is 0.332. The third-order valence-corrected chi connectivity index (χ3v) is 3.64. The van der Waals surface area contributed by atoms with Crippen LogP contribution >= 0.6 is 0 Å². The summed E-state index contributed by atoms with van der Waals surface area (Å²) in [5.41, 5.74) is 3.80. The van der Waals surface area contributed by atoms with E-state index in [1.165, 1.54) is 16.7 Å². The van der Waals surface area contributed by atoms with E-state index < -0.39 is 0 Å². The number of aryl methyl sites for hydroxylation is 1. The van der Waals surface area contributed by atoms with Gasteiger partial charge in [-0.1, -0.05) is 35.9 Å². The summed E-state index contributed by atoms with van der Waals surface area (Å²) in [4.78, 5) is 6.71. The first-order chi connectivity index (χ1) is 9.60. The first kappa shape index (κ1) is 14.5. The number of aromatic nitrogens is 1. The number of anilines is 1. The molecule has 2 rings (SSSR count). The maximum Gasteiger partial charge on any atom is 0.128 e. The first-order valence-corrected chi connectivity index (χ1v) is 7.00. The molecule has 0 radical (unpaired) electrons. The summed E-state index contributed by atoms with van der Waals surface area (Å²) in [6.45, 7) is 5.11. The van der Waals surface area contributed by atoms with E-state index in [1.54, 1.807) is 0 Å². The molecular weight excluding hydrogens is 246 g/mol. The van der Waals surface area contributed by atoms with Gasteiger partial charge in [0.15, 0.2) is 0 Å². The largest absolute Gasteiger partial charge is 0.355 e. The third-order valence-electron chi connectivity index (χ3n) is 3.64. The van der Waals surface area contributed by atoms with Crippen LogP contribution in [0.5, 0.6) is 0 Å². The topological polar surface area (TPSA) is 28.2 Å². The van der Waals surface area contributed by atoms with Gasteiger partial charge in [0, 0.05) is 25.8 Å². The maximum atomic E-state index is 4.55. The molecule has 0 amide bonds. The number of nitrogens with one attached hydrogen (secondary N) is 1. The molecule has 0 aliphatic heterocycles. The van der Waals surface area contributed by atoms with Gasteiger partial charge in [0.2, 0.25) is 0 Å². The SMILES string of the molecule is CNC(C)c1ccc(N(C)Cc2ccc(C)cc2)nc1. The molecule has 3 heteroatoms. The van der Waals surface area contributed by atoms with Gasteiger partial charge < -0.3 is 10.2 Å². The summed E-state index contributed by atoms with van der Waals surface area (Å²) in [6.07, 6.45) is 1.95. The van der Waals surface area contributed by atoms with Crippen LogP contribution in [0.15, 0.2) is 42.6 Å². The molecule has 1 heterocycles. The predicted molar refractivity (Wildman–Crippen MR) is 85.0 cm³/mol. The van der Waals surface area contributed by atoms with Gasteiger partial charge in [-0.3, -0.25) is 0 Å². The van der Waals surface area contributed by atoms with Crippen LogP contribution in [0.2, 0.25) is 0 Å². The van der Waals surface area contributed by atoms with Crippen LogP contribution in [0.4, 0.5) is 5.82 Å². The van der Waals surface area contributed by atoms with Crippen molar-refractivity contribution in [1.29, 1.82) is 0 Å². The zero-order valence-corrected chi connectivity index (χ0v) is 12.7. The molecule has 1 aromatic carbocycles. The molecule has 3 nitrogen and oxygen atoms in total. The van der Waals surface area contributed by atoms with Crippen LogP contribution in [-0.2, 0) is 6.54 Å². The molecule has 0 bridgehead atoms. The average molecular weight is 269 g/mol. The summed E-state index contributed by atoms with van der Waals surface area (Å²) in [7, 11) is 4.03. The Balaban J connectivity index is 2.05. The summed E-state index contributed by atoms with van der Waals surface area (Å²) in [5.74, 6) is 0.998. The van der Waals surface area contributed by atoms with E-state index in [0.717, 1.165) is 12.4 Å². The van der Waals surface area contributed by atoms with Gasteiger partial charge in [-0.2, -0.15) is 0 Å². The fourth-order valence-electron chi connectivity index (χ4n) is 2.09. The van der Waals surface area contributed by atoms with Gasteiger partial charge in [-0.15, -0.1) is 0 Å². The normalized spacial score (nSPS) is 12.2. The monoisotopic (exact) mass is 269 g/mol. The molecular formula is C17H23N3. The van der Waals surface area contributed by atoms with Crippen LogP contribution in [0, 0.1) is 6.92 Å². The molecule has 0 aliphatic carbocycles.